The summed E-state index contributed by atoms with van der Waals surface area (Å²) < 4.78 is 0. The van der Waals surface area contributed by atoms with Crippen LogP contribution in [0.25, 0.3) is 0 Å². The molecule has 0 aliphatic carbocycles. The largest absolute Gasteiger partial charge is 0.354 e. The molecule has 1 aliphatic rings. The normalized spacial score (nSPS) is 13.0. The summed E-state index contributed by atoms with van der Waals surface area (Å²) in [5, 5.41) is 7.28. The Bertz CT molecular complexity index is 1340. The van der Waals surface area contributed by atoms with Gasteiger partial charge in [0.05, 0.1) is 16.4 Å². The minimum atomic E-state index is -1.42. The highest BCUT2D eigenvalue weighted by atomic mass is 32.1. The first kappa shape index (κ1) is 31.5. The molecule has 0 saturated carbocycles. The lowest BCUT2D eigenvalue weighted by Crippen LogP contribution is -2.57. The highest BCUT2D eigenvalue weighted by Gasteiger charge is 2.34. The molecule has 1 aliphatic heterocycles. The van der Waals surface area contributed by atoms with E-state index in [1.165, 1.54) is 4.90 Å². The molecule has 4 rings (SSSR count). The van der Waals surface area contributed by atoms with Gasteiger partial charge in [0.1, 0.15) is 0 Å². The van der Waals surface area contributed by atoms with Crippen molar-refractivity contribution < 1.29 is 24.0 Å². The highest BCUT2D eigenvalue weighted by molar-refractivity contribution is 7.81. The summed E-state index contributed by atoms with van der Waals surface area (Å²) in [4.78, 5) is 65.4. The SMILES string of the molecule is O=C(NC(C(=O)NCCc1ccccc1)C(=O)NCCc1ccccc1)C(S)CCCCN1C(=O)c2ccccc2C1=O. The molecule has 0 bridgehead atoms. The fourth-order valence-corrected chi connectivity index (χ4v) is 5.08. The Hall–Kier alpha value is -4.44. The lowest BCUT2D eigenvalue weighted by molar-refractivity contribution is -0.136. The molecule has 5 amide bonds. The van der Waals surface area contributed by atoms with E-state index in [2.05, 4.69) is 28.6 Å². The van der Waals surface area contributed by atoms with Crippen molar-refractivity contribution in [1.29, 1.82) is 0 Å². The number of imide groups is 1. The van der Waals surface area contributed by atoms with Crippen molar-refractivity contribution in [3.8, 4) is 0 Å². The van der Waals surface area contributed by atoms with Crippen LogP contribution in [0, 0.1) is 0 Å². The van der Waals surface area contributed by atoms with Crippen LogP contribution in [0.4, 0.5) is 0 Å². The van der Waals surface area contributed by atoms with E-state index in [4.69, 9.17) is 0 Å². The van der Waals surface area contributed by atoms with Gasteiger partial charge in [-0.2, -0.15) is 12.6 Å². The van der Waals surface area contributed by atoms with Crippen LogP contribution in [-0.4, -0.2) is 65.4 Å². The topological polar surface area (TPSA) is 125 Å². The first-order valence-corrected chi connectivity index (χ1v) is 14.9. The Morgan fingerprint density at radius 2 is 1.12 bits per heavy atom. The van der Waals surface area contributed by atoms with Crippen LogP contribution in [-0.2, 0) is 27.2 Å². The smallest absolute Gasteiger partial charge is 0.261 e. The van der Waals surface area contributed by atoms with Crippen molar-refractivity contribution in [2.45, 2.75) is 43.4 Å². The summed E-state index contributed by atoms with van der Waals surface area (Å²) >= 11 is 4.41. The lowest BCUT2D eigenvalue weighted by atomic mass is 10.1. The minimum absolute atomic E-state index is 0.227. The number of hydrogen-bond acceptors (Lipinski definition) is 6. The van der Waals surface area contributed by atoms with Gasteiger partial charge in [0.15, 0.2) is 6.04 Å². The number of nitrogens with zero attached hydrogens (tertiary/aromatic N) is 1. The van der Waals surface area contributed by atoms with E-state index in [0.29, 0.717) is 56.3 Å². The average molecular weight is 601 g/mol. The van der Waals surface area contributed by atoms with E-state index in [0.717, 1.165) is 11.1 Å². The summed E-state index contributed by atoms with van der Waals surface area (Å²) in [5.41, 5.74) is 2.86. The summed E-state index contributed by atoms with van der Waals surface area (Å²) in [6, 6.07) is 24.5. The fourth-order valence-electron chi connectivity index (χ4n) is 4.82. The van der Waals surface area contributed by atoms with Gasteiger partial charge in [-0.05, 0) is 48.9 Å². The van der Waals surface area contributed by atoms with Crippen LogP contribution in [0.1, 0.15) is 51.1 Å². The number of benzene rings is 3. The molecule has 3 aromatic carbocycles. The maximum absolute atomic E-state index is 13.0. The van der Waals surface area contributed by atoms with Gasteiger partial charge in [0, 0.05) is 19.6 Å². The van der Waals surface area contributed by atoms with E-state index in [9.17, 15) is 24.0 Å². The first-order chi connectivity index (χ1) is 20.8. The predicted molar refractivity (Wildman–Crippen MR) is 167 cm³/mol. The monoisotopic (exact) mass is 600 g/mol. The lowest BCUT2D eigenvalue weighted by Gasteiger charge is -2.20. The summed E-state index contributed by atoms with van der Waals surface area (Å²) in [6.45, 7) is 0.827. The molecule has 0 radical (unpaired) electrons. The van der Waals surface area contributed by atoms with E-state index in [1.807, 2.05) is 60.7 Å². The van der Waals surface area contributed by atoms with Gasteiger partial charge in [0.25, 0.3) is 23.6 Å². The number of thiol groups is 1. The van der Waals surface area contributed by atoms with E-state index < -0.39 is 29.0 Å². The zero-order chi connectivity index (χ0) is 30.6. The van der Waals surface area contributed by atoms with Gasteiger partial charge < -0.3 is 16.0 Å². The van der Waals surface area contributed by atoms with Crippen LogP contribution in [0.2, 0.25) is 0 Å². The van der Waals surface area contributed by atoms with Crippen molar-refractivity contribution in [2.75, 3.05) is 19.6 Å². The molecule has 224 valence electrons. The number of carbonyl (C=O) groups excluding carboxylic acids is 5. The van der Waals surface area contributed by atoms with Gasteiger partial charge in [-0.1, -0.05) is 79.2 Å². The maximum atomic E-state index is 13.0. The zero-order valence-electron chi connectivity index (χ0n) is 23.8. The molecule has 0 aromatic heterocycles. The molecule has 0 spiro atoms. The quantitative estimate of drug-likeness (QED) is 0.0925. The number of fused-ring (bicyclic) bond motifs is 1. The van der Waals surface area contributed by atoms with Gasteiger partial charge >= 0.3 is 0 Å². The van der Waals surface area contributed by atoms with Crippen molar-refractivity contribution in [3.05, 3.63) is 107 Å². The molecule has 1 unspecified atom stereocenters. The van der Waals surface area contributed by atoms with Crippen molar-refractivity contribution in [3.63, 3.8) is 0 Å². The molecule has 9 nitrogen and oxygen atoms in total. The maximum Gasteiger partial charge on any atom is 0.261 e. The number of hydrogen-bond donors (Lipinski definition) is 4. The second kappa shape index (κ2) is 15.7. The minimum Gasteiger partial charge on any atom is -0.354 e. The number of nitrogens with one attached hydrogen (secondary N) is 3. The van der Waals surface area contributed by atoms with Gasteiger partial charge in [-0.25, -0.2) is 0 Å². The Kier molecular flexibility index (Phi) is 11.5. The Labute approximate surface area is 256 Å². The Morgan fingerprint density at radius 1 is 0.651 bits per heavy atom. The van der Waals surface area contributed by atoms with Gasteiger partial charge in [0.2, 0.25) is 5.91 Å². The second-order valence-corrected chi connectivity index (χ2v) is 10.9. The molecule has 43 heavy (non-hydrogen) atoms. The van der Waals surface area contributed by atoms with E-state index >= 15 is 0 Å². The number of unbranched alkanes of at least 4 members (excludes halogenated alkanes) is 1. The number of rotatable bonds is 15. The molecule has 1 atom stereocenters. The molecule has 3 N–H and O–H groups in total. The Morgan fingerprint density at radius 3 is 1.60 bits per heavy atom. The molecule has 10 heteroatoms. The highest BCUT2D eigenvalue weighted by Crippen LogP contribution is 2.23. The summed E-state index contributed by atoms with van der Waals surface area (Å²) in [7, 11) is 0. The number of carbonyl (C=O) groups is 5. The number of amides is 5. The average Bonchev–Trinajstić information content (AvgIpc) is 3.27. The van der Waals surface area contributed by atoms with Crippen LogP contribution in [0.5, 0.6) is 0 Å². The second-order valence-electron chi connectivity index (χ2n) is 10.3. The van der Waals surface area contributed by atoms with Gasteiger partial charge in [-0.15, -0.1) is 0 Å². The van der Waals surface area contributed by atoms with Crippen LogP contribution >= 0.6 is 12.6 Å². The van der Waals surface area contributed by atoms with Crippen LogP contribution in [0.15, 0.2) is 84.9 Å². The molecular formula is C33H36N4O5S. The molecule has 1 heterocycles. The predicted octanol–water partition coefficient (Wildman–Crippen LogP) is 2.95. The van der Waals surface area contributed by atoms with Crippen LogP contribution in [0.3, 0.4) is 0 Å². The molecule has 3 aromatic rings. The third-order valence-electron chi connectivity index (χ3n) is 7.21. The third kappa shape index (κ3) is 8.78. The summed E-state index contributed by atoms with van der Waals surface area (Å²) in [6.07, 6.45) is 2.47. The van der Waals surface area contributed by atoms with Crippen molar-refractivity contribution in [1.82, 2.24) is 20.9 Å². The molecular weight excluding hydrogens is 564 g/mol. The fraction of sp³-hybridized carbons (Fsp3) is 0.303. The molecule has 0 saturated heterocycles. The molecule has 0 fully saturated rings. The van der Waals surface area contributed by atoms with Gasteiger partial charge in [-0.3, -0.25) is 28.9 Å². The van der Waals surface area contributed by atoms with E-state index in [-0.39, 0.29) is 18.4 Å². The first-order valence-electron chi connectivity index (χ1n) is 14.4. The van der Waals surface area contributed by atoms with E-state index in [1.54, 1.807) is 24.3 Å². The van der Waals surface area contributed by atoms with Crippen molar-refractivity contribution >= 4 is 42.2 Å². The Balaban J connectivity index is 1.27. The zero-order valence-corrected chi connectivity index (χ0v) is 24.7. The van der Waals surface area contributed by atoms with Crippen LogP contribution < -0.4 is 16.0 Å². The standard InChI is InChI=1S/C33H36N4O5S/c38-29(27(43)17-9-10-22-37-32(41)25-15-7-8-16-26(25)33(37)42)36-28(30(39)34-20-18-23-11-3-1-4-12-23)31(40)35-21-19-24-13-5-2-6-14-24/h1-8,11-16,27-28,43H,9-10,17-22H2,(H,34,39)(H,35,40)(H,36,38). The van der Waals surface area contributed by atoms with Crippen molar-refractivity contribution in [2.24, 2.45) is 0 Å². The third-order valence-corrected chi connectivity index (χ3v) is 7.71. The summed E-state index contributed by atoms with van der Waals surface area (Å²) in [5.74, 6) is -2.40.